The third-order valence-corrected chi connectivity index (χ3v) is 5.72. The van der Waals surface area contributed by atoms with Crippen molar-refractivity contribution in [3.8, 4) is 11.1 Å². The predicted octanol–water partition coefficient (Wildman–Crippen LogP) is 7.35. The Balaban J connectivity index is 1.57. The minimum atomic E-state index is 0.290. The molecule has 1 heteroatoms. The molecule has 0 radical (unpaired) electrons. The van der Waals surface area contributed by atoms with Crippen LogP contribution >= 0.6 is 0 Å². The number of ether oxygens (including phenoxy) is 1. The van der Waals surface area contributed by atoms with Crippen LogP contribution in [0.15, 0.2) is 48.5 Å². The van der Waals surface area contributed by atoms with Gasteiger partial charge in [0.25, 0.3) is 0 Å². The van der Waals surface area contributed by atoms with Gasteiger partial charge < -0.3 is 4.74 Å². The number of benzene rings is 2. The molecule has 2 aromatic rings. The van der Waals surface area contributed by atoms with Gasteiger partial charge in [0.15, 0.2) is 0 Å². The second-order valence-corrected chi connectivity index (χ2v) is 7.83. The maximum absolute atomic E-state index is 6.17. The first kappa shape index (κ1) is 19.2. The van der Waals surface area contributed by atoms with Crippen LogP contribution in [0.25, 0.3) is 11.1 Å². The molecule has 1 saturated heterocycles. The van der Waals surface area contributed by atoms with Crippen molar-refractivity contribution >= 4 is 0 Å². The Hall–Kier alpha value is -1.60. The van der Waals surface area contributed by atoms with Gasteiger partial charge in [0.05, 0.1) is 12.7 Å². The summed E-state index contributed by atoms with van der Waals surface area (Å²) in [4.78, 5) is 0. The number of aryl methyl sites for hydroxylation is 1. The third-order valence-electron chi connectivity index (χ3n) is 5.72. The minimum Gasteiger partial charge on any atom is -0.373 e. The molecule has 2 unspecified atom stereocenters. The molecule has 1 nitrogen and oxygen atoms in total. The number of hydrogen-bond donors (Lipinski definition) is 0. The molecule has 0 spiro atoms. The van der Waals surface area contributed by atoms with Gasteiger partial charge in [-0.05, 0) is 60.3 Å². The highest BCUT2D eigenvalue weighted by Gasteiger charge is 2.22. The fourth-order valence-electron chi connectivity index (χ4n) is 3.92. The number of unbranched alkanes of at least 4 members (excludes halogenated alkanes) is 2. The van der Waals surface area contributed by atoms with Crippen LogP contribution in [0.1, 0.15) is 76.0 Å². The monoisotopic (exact) mass is 350 g/mol. The molecule has 0 aliphatic carbocycles. The van der Waals surface area contributed by atoms with Crippen LogP contribution in [0.4, 0.5) is 0 Å². The van der Waals surface area contributed by atoms with Gasteiger partial charge in [-0.15, -0.1) is 0 Å². The van der Waals surface area contributed by atoms with Gasteiger partial charge in [0.1, 0.15) is 0 Å². The van der Waals surface area contributed by atoms with E-state index in [4.69, 9.17) is 4.74 Å². The second-order valence-electron chi connectivity index (χ2n) is 7.83. The molecule has 0 bridgehead atoms. The van der Waals surface area contributed by atoms with Crippen molar-refractivity contribution in [2.24, 2.45) is 5.92 Å². The molecule has 1 heterocycles. The van der Waals surface area contributed by atoms with Crippen molar-refractivity contribution in [1.29, 1.82) is 0 Å². The van der Waals surface area contributed by atoms with Crippen LogP contribution in [-0.2, 0) is 11.2 Å². The van der Waals surface area contributed by atoms with Gasteiger partial charge in [-0.3, -0.25) is 0 Å². The summed E-state index contributed by atoms with van der Waals surface area (Å²) >= 11 is 0. The molecule has 3 rings (SSSR count). The molecule has 2 aromatic carbocycles. The molecular weight excluding hydrogens is 316 g/mol. The summed E-state index contributed by atoms with van der Waals surface area (Å²) in [5, 5.41) is 0. The van der Waals surface area contributed by atoms with E-state index in [2.05, 4.69) is 62.4 Å². The Morgan fingerprint density at radius 3 is 2.04 bits per heavy atom. The maximum Gasteiger partial charge on any atom is 0.0825 e. The van der Waals surface area contributed by atoms with Crippen LogP contribution < -0.4 is 0 Å². The maximum atomic E-state index is 6.17. The average Bonchev–Trinajstić information content (AvgIpc) is 2.72. The normalized spacial score (nSPS) is 20.2. The smallest absolute Gasteiger partial charge is 0.0825 e. The SMILES string of the molecule is CCCCc1ccc(-c2ccc(C3CCC(CCCC)CO3)cc2)cc1. The lowest BCUT2D eigenvalue weighted by Gasteiger charge is -2.29. The van der Waals surface area contributed by atoms with E-state index in [-0.39, 0.29) is 0 Å². The van der Waals surface area contributed by atoms with E-state index in [1.54, 1.807) is 0 Å². The first-order valence-corrected chi connectivity index (χ1v) is 10.6. The summed E-state index contributed by atoms with van der Waals surface area (Å²) in [6.45, 7) is 5.45. The van der Waals surface area contributed by atoms with Crippen molar-refractivity contribution in [3.05, 3.63) is 59.7 Å². The van der Waals surface area contributed by atoms with Crippen LogP contribution in [0.3, 0.4) is 0 Å². The average molecular weight is 351 g/mol. The van der Waals surface area contributed by atoms with Gasteiger partial charge in [-0.2, -0.15) is 0 Å². The molecular formula is C25H34O. The van der Waals surface area contributed by atoms with E-state index in [0.717, 1.165) is 12.5 Å². The van der Waals surface area contributed by atoms with E-state index < -0.39 is 0 Å². The zero-order chi connectivity index (χ0) is 18.2. The molecule has 1 aliphatic heterocycles. The summed E-state index contributed by atoms with van der Waals surface area (Å²) in [5.41, 5.74) is 5.39. The van der Waals surface area contributed by atoms with E-state index in [0.29, 0.717) is 6.10 Å². The Morgan fingerprint density at radius 2 is 1.46 bits per heavy atom. The Kier molecular flexibility index (Phi) is 7.32. The fraction of sp³-hybridized carbons (Fsp3) is 0.520. The number of hydrogen-bond acceptors (Lipinski definition) is 1. The van der Waals surface area contributed by atoms with E-state index in [1.807, 2.05) is 0 Å². The Labute approximate surface area is 159 Å². The van der Waals surface area contributed by atoms with Gasteiger partial charge in [-0.25, -0.2) is 0 Å². The van der Waals surface area contributed by atoms with Crippen LogP contribution in [0.2, 0.25) is 0 Å². The minimum absolute atomic E-state index is 0.290. The lowest BCUT2D eigenvalue weighted by molar-refractivity contribution is -0.0197. The zero-order valence-electron chi connectivity index (χ0n) is 16.5. The van der Waals surface area contributed by atoms with Crippen molar-refractivity contribution in [3.63, 3.8) is 0 Å². The van der Waals surface area contributed by atoms with Crippen molar-refractivity contribution in [1.82, 2.24) is 0 Å². The van der Waals surface area contributed by atoms with E-state index >= 15 is 0 Å². The molecule has 0 saturated carbocycles. The van der Waals surface area contributed by atoms with Crippen LogP contribution in [0, 0.1) is 5.92 Å². The van der Waals surface area contributed by atoms with Crippen molar-refractivity contribution < 1.29 is 4.74 Å². The third kappa shape index (κ3) is 5.20. The molecule has 0 amide bonds. The standard InChI is InChI=1S/C25H34O/c1-3-5-7-20-9-12-22(13-10-20)23-14-16-24(17-15-23)25-18-11-21(19-26-25)8-6-4-2/h9-10,12-17,21,25H,3-8,11,18-19H2,1-2H3. The van der Waals surface area contributed by atoms with Gasteiger partial charge >= 0.3 is 0 Å². The summed E-state index contributed by atoms with van der Waals surface area (Å²) in [6, 6.07) is 18.1. The van der Waals surface area contributed by atoms with E-state index in [9.17, 15) is 0 Å². The Morgan fingerprint density at radius 1 is 0.808 bits per heavy atom. The molecule has 140 valence electrons. The van der Waals surface area contributed by atoms with Crippen LogP contribution in [-0.4, -0.2) is 6.61 Å². The first-order valence-electron chi connectivity index (χ1n) is 10.6. The summed E-state index contributed by atoms with van der Waals surface area (Å²) < 4.78 is 6.17. The number of rotatable bonds is 8. The summed E-state index contributed by atoms with van der Waals surface area (Å²) in [7, 11) is 0. The molecule has 0 N–H and O–H groups in total. The quantitative estimate of drug-likeness (QED) is 0.483. The Bertz CT molecular complexity index is 633. The van der Waals surface area contributed by atoms with Crippen molar-refractivity contribution in [2.45, 2.75) is 71.3 Å². The van der Waals surface area contributed by atoms with Gasteiger partial charge in [0.2, 0.25) is 0 Å². The highest BCUT2D eigenvalue weighted by molar-refractivity contribution is 5.64. The highest BCUT2D eigenvalue weighted by Crippen LogP contribution is 2.33. The lowest BCUT2D eigenvalue weighted by Crippen LogP contribution is -2.20. The predicted molar refractivity (Wildman–Crippen MR) is 111 cm³/mol. The molecule has 2 atom stereocenters. The lowest BCUT2D eigenvalue weighted by atomic mass is 9.90. The highest BCUT2D eigenvalue weighted by atomic mass is 16.5. The van der Waals surface area contributed by atoms with Gasteiger partial charge in [-0.1, -0.05) is 81.6 Å². The zero-order valence-corrected chi connectivity index (χ0v) is 16.5. The topological polar surface area (TPSA) is 9.23 Å². The second kappa shape index (κ2) is 9.92. The van der Waals surface area contributed by atoms with Crippen molar-refractivity contribution in [2.75, 3.05) is 6.61 Å². The summed E-state index contributed by atoms with van der Waals surface area (Å²) in [6.07, 6.45) is 10.4. The molecule has 1 fully saturated rings. The first-order chi connectivity index (χ1) is 12.8. The van der Waals surface area contributed by atoms with E-state index in [1.165, 1.54) is 73.6 Å². The molecule has 26 heavy (non-hydrogen) atoms. The van der Waals surface area contributed by atoms with Gasteiger partial charge in [0, 0.05) is 0 Å². The largest absolute Gasteiger partial charge is 0.373 e. The molecule has 0 aromatic heterocycles. The molecule has 1 aliphatic rings. The fourth-order valence-corrected chi connectivity index (χ4v) is 3.92. The summed E-state index contributed by atoms with van der Waals surface area (Å²) in [5.74, 6) is 0.775. The van der Waals surface area contributed by atoms with Crippen LogP contribution in [0.5, 0.6) is 0 Å².